The van der Waals surface area contributed by atoms with Crippen LogP contribution in [0.1, 0.15) is 36.2 Å². The van der Waals surface area contributed by atoms with Gasteiger partial charge in [0.25, 0.3) is 5.91 Å². The van der Waals surface area contributed by atoms with Crippen molar-refractivity contribution in [2.45, 2.75) is 25.7 Å². The first-order valence-corrected chi connectivity index (χ1v) is 6.13. The topological polar surface area (TPSA) is 62.2 Å². The van der Waals surface area contributed by atoms with Gasteiger partial charge >= 0.3 is 0 Å². The highest BCUT2D eigenvalue weighted by molar-refractivity contribution is 6.29. The van der Waals surface area contributed by atoms with Crippen LogP contribution in [0.2, 0.25) is 5.15 Å². The van der Waals surface area contributed by atoms with Crippen molar-refractivity contribution in [3.63, 3.8) is 0 Å². The van der Waals surface area contributed by atoms with Crippen LogP contribution in [0.4, 0.5) is 0 Å². The SMILES string of the molecule is O=C(NCCCCCCO)c1cccc(Cl)n1. The van der Waals surface area contributed by atoms with E-state index in [1.165, 1.54) is 0 Å². The lowest BCUT2D eigenvalue weighted by Gasteiger charge is -2.04. The second-order valence-corrected chi connectivity index (χ2v) is 4.13. The lowest BCUT2D eigenvalue weighted by molar-refractivity contribution is 0.0948. The molecular formula is C12H17ClN2O2. The van der Waals surface area contributed by atoms with Gasteiger partial charge in [-0.1, -0.05) is 30.5 Å². The van der Waals surface area contributed by atoms with Gasteiger partial charge in [-0.3, -0.25) is 4.79 Å². The number of carbonyl (C=O) groups excluding carboxylic acids is 1. The van der Waals surface area contributed by atoms with Crippen molar-refractivity contribution in [3.8, 4) is 0 Å². The summed E-state index contributed by atoms with van der Waals surface area (Å²) < 4.78 is 0. The molecule has 1 aromatic rings. The summed E-state index contributed by atoms with van der Waals surface area (Å²) in [7, 11) is 0. The highest BCUT2D eigenvalue weighted by Gasteiger charge is 2.05. The van der Waals surface area contributed by atoms with Crippen LogP contribution in [0.15, 0.2) is 18.2 Å². The van der Waals surface area contributed by atoms with E-state index in [0.717, 1.165) is 25.7 Å². The Bertz CT molecular complexity index is 358. The summed E-state index contributed by atoms with van der Waals surface area (Å²) in [4.78, 5) is 15.5. The number of hydrogen-bond donors (Lipinski definition) is 2. The van der Waals surface area contributed by atoms with Crippen LogP contribution in [-0.2, 0) is 0 Å². The van der Waals surface area contributed by atoms with Gasteiger partial charge in [-0.2, -0.15) is 0 Å². The molecule has 0 aromatic carbocycles. The first kappa shape index (κ1) is 13.9. The number of nitrogens with zero attached hydrogens (tertiary/aromatic N) is 1. The minimum absolute atomic E-state index is 0.199. The number of halogens is 1. The van der Waals surface area contributed by atoms with Crippen LogP contribution < -0.4 is 5.32 Å². The zero-order valence-electron chi connectivity index (χ0n) is 9.66. The van der Waals surface area contributed by atoms with Gasteiger partial charge in [-0.15, -0.1) is 0 Å². The van der Waals surface area contributed by atoms with Crippen molar-refractivity contribution in [2.24, 2.45) is 0 Å². The Labute approximate surface area is 106 Å². The summed E-state index contributed by atoms with van der Waals surface area (Å²) in [5, 5.41) is 11.7. The van der Waals surface area contributed by atoms with E-state index in [-0.39, 0.29) is 12.5 Å². The minimum Gasteiger partial charge on any atom is -0.396 e. The summed E-state index contributed by atoms with van der Waals surface area (Å²) in [5.74, 6) is -0.199. The highest BCUT2D eigenvalue weighted by Crippen LogP contribution is 2.05. The second kappa shape index (κ2) is 8.03. The summed E-state index contributed by atoms with van der Waals surface area (Å²) in [6.07, 6.45) is 3.72. The molecule has 0 fully saturated rings. The van der Waals surface area contributed by atoms with Gasteiger partial charge < -0.3 is 10.4 Å². The number of nitrogens with one attached hydrogen (secondary N) is 1. The smallest absolute Gasteiger partial charge is 0.269 e. The number of aliphatic hydroxyl groups is 1. The van der Waals surface area contributed by atoms with Gasteiger partial charge in [-0.05, 0) is 25.0 Å². The fraction of sp³-hybridized carbons (Fsp3) is 0.500. The van der Waals surface area contributed by atoms with Gasteiger partial charge in [0.2, 0.25) is 0 Å². The molecule has 2 N–H and O–H groups in total. The molecular weight excluding hydrogens is 240 g/mol. The monoisotopic (exact) mass is 256 g/mol. The molecule has 0 aliphatic heterocycles. The summed E-state index contributed by atoms with van der Waals surface area (Å²) in [6.45, 7) is 0.858. The van der Waals surface area contributed by atoms with E-state index in [2.05, 4.69) is 10.3 Å². The standard InChI is InChI=1S/C12H17ClN2O2/c13-11-7-5-6-10(15-11)12(17)14-8-3-1-2-4-9-16/h5-7,16H,1-4,8-9H2,(H,14,17). The van der Waals surface area contributed by atoms with Crippen LogP contribution in [0.5, 0.6) is 0 Å². The fourth-order valence-corrected chi connectivity index (χ4v) is 1.58. The van der Waals surface area contributed by atoms with Gasteiger partial charge in [0, 0.05) is 13.2 Å². The third kappa shape index (κ3) is 5.65. The third-order valence-corrected chi connectivity index (χ3v) is 2.53. The predicted molar refractivity (Wildman–Crippen MR) is 67.1 cm³/mol. The van der Waals surface area contributed by atoms with Gasteiger partial charge in [-0.25, -0.2) is 4.98 Å². The van der Waals surface area contributed by atoms with Crippen molar-refractivity contribution in [1.82, 2.24) is 10.3 Å². The van der Waals surface area contributed by atoms with Crippen LogP contribution >= 0.6 is 11.6 Å². The molecule has 0 bridgehead atoms. The molecule has 1 rings (SSSR count). The molecule has 0 saturated carbocycles. The number of pyridine rings is 1. The quantitative estimate of drug-likeness (QED) is 0.580. The zero-order valence-corrected chi connectivity index (χ0v) is 10.4. The molecule has 1 amide bonds. The average molecular weight is 257 g/mol. The maximum atomic E-state index is 11.6. The van der Waals surface area contributed by atoms with Crippen molar-refractivity contribution >= 4 is 17.5 Å². The molecule has 5 heteroatoms. The lowest BCUT2D eigenvalue weighted by atomic mass is 10.2. The summed E-state index contributed by atoms with van der Waals surface area (Å²) in [6, 6.07) is 4.96. The molecule has 0 unspecified atom stereocenters. The van der Waals surface area contributed by atoms with Crippen LogP contribution in [0, 0.1) is 0 Å². The Kier molecular flexibility index (Phi) is 6.58. The molecule has 0 atom stereocenters. The van der Waals surface area contributed by atoms with Crippen molar-refractivity contribution in [2.75, 3.05) is 13.2 Å². The third-order valence-electron chi connectivity index (χ3n) is 2.32. The molecule has 17 heavy (non-hydrogen) atoms. The maximum absolute atomic E-state index is 11.6. The summed E-state index contributed by atoms with van der Waals surface area (Å²) in [5.41, 5.74) is 0.341. The predicted octanol–water partition coefficient (Wildman–Crippen LogP) is 2.02. The van der Waals surface area contributed by atoms with Crippen molar-refractivity contribution < 1.29 is 9.90 Å². The number of rotatable bonds is 7. The molecule has 0 aliphatic carbocycles. The molecule has 0 spiro atoms. The average Bonchev–Trinajstić information content (AvgIpc) is 2.33. The van der Waals surface area contributed by atoms with Gasteiger partial charge in [0.1, 0.15) is 10.8 Å². The molecule has 4 nitrogen and oxygen atoms in total. The highest BCUT2D eigenvalue weighted by atomic mass is 35.5. The van der Waals surface area contributed by atoms with E-state index in [1.807, 2.05) is 0 Å². The lowest BCUT2D eigenvalue weighted by Crippen LogP contribution is -2.25. The number of aliphatic hydroxyl groups excluding tert-OH is 1. The van der Waals surface area contributed by atoms with Crippen LogP contribution in [0.3, 0.4) is 0 Å². The molecule has 1 heterocycles. The number of amides is 1. The molecule has 94 valence electrons. The van der Waals surface area contributed by atoms with Crippen molar-refractivity contribution in [3.05, 3.63) is 29.0 Å². The normalized spacial score (nSPS) is 10.2. The Balaban J connectivity index is 2.21. The van der Waals surface area contributed by atoms with E-state index in [4.69, 9.17) is 16.7 Å². The minimum atomic E-state index is -0.199. The van der Waals surface area contributed by atoms with Crippen LogP contribution in [-0.4, -0.2) is 29.1 Å². The number of hydrogen-bond acceptors (Lipinski definition) is 3. The Morgan fingerprint density at radius 2 is 2.06 bits per heavy atom. The number of carbonyl (C=O) groups is 1. The number of unbranched alkanes of at least 4 members (excludes halogenated alkanes) is 3. The molecule has 0 saturated heterocycles. The number of aromatic nitrogens is 1. The first-order valence-electron chi connectivity index (χ1n) is 5.75. The molecule has 0 aliphatic rings. The molecule has 0 radical (unpaired) electrons. The Morgan fingerprint density at radius 3 is 2.76 bits per heavy atom. The molecule has 1 aromatic heterocycles. The van der Waals surface area contributed by atoms with E-state index >= 15 is 0 Å². The van der Waals surface area contributed by atoms with E-state index < -0.39 is 0 Å². The maximum Gasteiger partial charge on any atom is 0.269 e. The van der Waals surface area contributed by atoms with Gasteiger partial charge in [0.15, 0.2) is 0 Å². The zero-order chi connectivity index (χ0) is 12.5. The van der Waals surface area contributed by atoms with E-state index in [0.29, 0.717) is 17.4 Å². The second-order valence-electron chi connectivity index (χ2n) is 3.74. The Hall–Kier alpha value is -1.13. The van der Waals surface area contributed by atoms with Crippen molar-refractivity contribution in [1.29, 1.82) is 0 Å². The first-order chi connectivity index (χ1) is 8.24. The van der Waals surface area contributed by atoms with Gasteiger partial charge in [0.05, 0.1) is 0 Å². The Morgan fingerprint density at radius 1 is 1.29 bits per heavy atom. The van der Waals surface area contributed by atoms with E-state index in [9.17, 15) is 4.79 Å². The van der Waals surface area contributed by atoms with E-state index in [1.54, 1.807) is 18.2 Å². The largest absolute Gasteiger partial charge is 0.396 e. The summed E-state index contributed by atoms with van der Waals surface area (Å²) >= 11 is 5.69. The fourth-order valence-electron chi connectivity index (χ4n) is 1.42. The van der Waals surface area contributed by atoms with Crippen LogP contribution in [0.25, 0.3) is 0 Å².